The van der Waals surface area contributed by atoms with Gasteiger partial charge in [0.2, 0.25) is 5.91 Å². The molecule has 0 radical (unpaired) electrons. The standard InChI is InChI=1S/C14H20N2O2/c15-10-8-11-3-4-12(9-10)16(11)14(17)6-5-13-2-1-7-18-13/h1-2,7,10-12H,3-6,8-9,15H2. The molecule has 2 N–H and O–H groups in total. The number of carbonyl (C=O) groups is 1. The van der Waals surface area contributed by atoms with Gasteiger partial charge in [-0.05, 0) is 37.8 Å². The third-order valence-corrected chi connectivity index (χ3v) is 4.22. The molecule has 0 saturated carbocycles. The van der Waals surface area contributed by atoms with Crippen LogP contribution in [0.3, 0.4) is 0 Å². The van der Waals surface area contributed by atoms with Crippen LogP contribution in [0.1, 0.15) is 37.9 Å². The van der Waals surface area contributed by atoms with Crippen molar-refractivity contribution in [2.24, 2.45) is 5.73 Å². The van der Waals surface area contributed by atoms with Crippen molar-refractivity contribution in [1.29, 1.82) is 0 Å². The highest BCUT2D eigenvalue weighted by molar-refractivity contribution is 5.77. The van der Waals surface area contributed by atoms with Gasteiger partial charge in [-0.3, -0.25) is 4.79 Å². The number of aryl methyl sites for hydroxylation is 1. The number of nitrogens with two attached hydrogens (primary N) is 1. The van der Waals surface area contributed by atoms with Crippen molar-refractivity contribution in [2.75, 3.05) is 0 Å². The van der Waals surface area contributed by atoms with E-state index in [1.807, 2.05) is 12.1 Å². The summed E-state index contributed by atoms with van der Waals surface area (Å²) in [5.74, 6) is 1.16. The lowest BCUT2D eigenvalue weighted by molar-refractivity contribution is -0.135. The van der Waals surface area contributed by atoms with E-state index < -0.39 is 0 Å². The molecule has 98 valence electrons. The van der Waals surface area contributed by atoms with Crippen LogP contribution in [0, 0.1) is 0 Å². The first kappa shape index (κ1) is 11.8. The van der Waals surface area contributed by atoms with Crippen molar-refractivity contribution in [2.45, 2.75) is 56.7 Å². The van der Waals surface area contributed by atoms with Crippen molar-refractivity contribution >= 4 is 5.91 Å². The van der Waals surface area contributed by atoms with Crippen molar-refractivity contribution in [1.82, 2.24) is 4.90 Å². The van der Waals surface area contributed by atoms with Gasteiger partial charge in [0.25, 0.3) is 0 Å². The first-order valence-corrected chi connectivity index (χ1v) is 6.83. The molecule has 4 heteroatoms. The lowest BCUT2D eigenvalue weighted by Crippen LogP contribution is -2.50. The van der Waals surface area contributed by atoms with Gasteiger partial charge in [0.1, 0.15) is 5.76 Å². The molecule has 3 heterocycles. The molecule has 2 bridgehead atoms. The van der Waals surface area contributed by atoms with E-state index in [2.05, 4.69) is 4.90 Å². The van der Waals surface area contributed by atoms with E-state index in [0.717, 1.165) is 31.4 Å². The zero-order valence-corrected chi connectivity index (χ0v) is 10.5. The maximum absolute atomic E-state index is 12.3. The van der Waals surface area contributed by atoms with Crippen LogP contribution in [-0.2, 0) is 11.2 Å². The molecule has 2 saturated heterocycles. The molecule has 18 heavy (non-hydrogen) atoms. The first-order valence-electron chi connectivity index (χ1n) is 6.83. The normalized spacial score (nSPS) is 30.7. The number of hydrogen-bond donors (Lipinski definition) is 1. The summed E-state index contributed by atoms with van der Waals surface area (Å²) in [6.07, 6.45) is 7.12. The van der Waals surface area contributed by atoms with Gasteiger partial charge in [-0.25, -0.2) is 0 Å². The Bertz CT molecular complexity index is 401. The molecule has 0 spiro atoms. The fourth-order valence-corrected chi connectivity index (χ4v) is 3.44. The minimum absolute atomic E-state index is 0.269. The van der Waals surface area contributed by atoms with Crippen molar-refractivity contribution in [3.05, 3.63) is 24.2 Å². The summed E-state index contributed by atoms with van der Waals surface area (Å²) in [4.78, 5) is 14.4. The van der Waals surface area contributed by atoms with E-state index in [9.17, 15) is 4.79 Å². The molecule has 1 aromatic heterocycles. The van der Waals surface area contributed by atoms with Crippen molar-refractivity contribution in [3.63, 3.8) is 0 Å². The summed E-state index contributed by atoms with van der Waals surface area (Å²) in [6, 6.07) is 4.86. The van der Waals surface area contributed by atoms with E-state index in [-0.39, 0.29) is 11.9 Å². The van der Waals surface area contributed by atoms with Gasteiger partial charge in [-0.15, -0.1) is 0 Å². The average Bonchev–Trinajstić information content (AvgIpc) is 2.94. The van der Waals surface area contributed by atoms with Gasteiger partial charge < -0.3 is 15.1 Å². The molecule has 0 aliphatic carbocycles. The zero-order chi connectivity index (χ0) is 12.5. The van der Waals surface area contributed by atoms with Crippen molar-refractivity contribution < 1.29 is 9.21 Å². The Hall–Kier alpha value is -1.29. The van der Waals surface area contributed by atoms with E-state index in [0.29, 0.717) is 24.9 Å². The third kappa shape index (κ3) is 2.17. The maximum Gasteiger partial charge on any atom is 0.223 e. The maximum atomic E-state index is 12.3. The van der Waals surface area contributed by atoms with E-state index in [1.165, 1.54) is 0 Å². The summed E-state index contributed by atoms with van der Waals surface area (Å²) in [7, 11) is 0. The minimum Gasteiger partial charge on any atom is -0.469 e. The topological polar surface area (TPSA) is 59.5 Å². The second-order valence-corrected chi connectivity index (χ2v) is 5.50. The molecule has 1 aromatic rings. The highest BCUT2D eigenvalue weighted by Crippen LogP contribution is 2.35. The summed E-state index contributed by atoms with van der Waals surface area (Å²) >= 11 is 0. The number of amides is 1. The number of nitrogens with zero attached hydrogens (tertiary/aromatic N) is 1. The predicted molar refractivity (Wildman–Crippen MR) is 67.9 cm³/mol. The number of rotatable bonds is 3. The van der Waals surface area contributed by atoms with Gasteiger partial charge >= 0.3 is 0 Å². The summed E-state index contributed by atoms with van der Waals surface area (Å²) in [5, 5.41) is 0. The largest absolute Gasteiger partial charge is 0.469 e. The van der Waals surface area contributed by atoms with Crippen LogP contribution in [0.15, 0.2) is 22.8 Å². The minimum atomic E-state index is 0.269. The van der Waals surface area contributed by atoms with E-state index in [1.54, 1.807) is 6.26 Å². The number of carbonyl (C=O) groups excluding carboxylic acids is 1. The van der Waals surface area contributed by atoms with Gasteiger partial charge in [0.05, 0.1) is 6.26 Å². The smallest absolute Gasteiger partial charge is 0.223 e. The Labute approximate surface area is 107 Å². The fraction of sp³-hybridized carbons (Fsp3) is 0.643. The molecule has 1 amide bonds. The monoisotopic (exact) mass is 248 g/mol. The van der Waals surface area contributed by atoms with Crippen LogP contribution in [-0.4, -0.2) is 28.9 Å². The van der Waals surface area contributed by atoms with Crippen LogP contribution in [0.25, 0.3) is 0 Å². The lowest BCUT2D eigenvalue weighted by atomic mass is 9.97. The van der Waals surface area contributed by atoms with Crippen LogP contribution in [0.5, 0.6) is 0 Å². The SMILES string of the molecule is NC1CC2CCC(C1)N2C(=O)CCc1ccco1. The fourth-order valence-electron chi connectivity index (χ4n) is 3.44. The Morgan fingerprint density at radius 3 is 2.72 bits per heavy atom. The third-order valence-electron chi connectivity index (χ3n) is 4.22. The molecule has 0 aromatic carbocycles. The lowest BCUT2D eigenvalue weighted by Gasteiger charge is -2.37. The highest BCUT2D eigenvalue weighted by atomic mass is 16.3. The highest BCUT2D eigenvalue weighted by Gasteiger charge is 2.41. The summed E-state index contributed by atoms with van der Waals surface area (Å²) in [5.41, 5.74) is 6.02. The van der Waals surface area contributed by atoms with Gasteiger partial charge in [-0.2, -0.15) is 0 Å². The number of furan rings is 1. The second-order valence-electron chi connectivity index (χ2n) is 5.50. The summed E-state index contributed by atoms with van der Waals surface area (Å²) < 4.78 is 5.27. The molecular weight excluding hydrogens is 228 g/mol. The van der Waals surface area contributed by atoms with Gasteiger partial charge in [0, 0.05) is 31.0 Å². The van der Waals surface area contributed by atoms with Gasteiger partial charge in [0.15, 0.2) is 0 Å². The predicted octanol–water partition coefficient (Wildman–Crippen LogP) is 1.69. The van der Waals surface area contributed by atoms with E-state index >= 15 is 0 Å². The molecule has 4 nitrogen and oxygen atoms in total. The van der Waals surface area contributed by atoms with E-state index in [4.69, 9.17) is 10.2 Å². The van der Waals surface area contributed by atoms with Crippen molar-refractivity contribution in [3.8, 4) is 0 Å². The Balaban J connectivity index is 1.60. The zero-order valence-electron chi connectivity index (χ0n) is 10.5. The molecular formula is C14H20N2O2. The number of fused-ring (bicyclic) bond motifs is 2. The second kappa shape index (κ2) is 4.76. The van der Waals surface area contributed by atoms with Crippen LogP contribution in [0.4, 0.5) is 0 Å². The Morgan fingerprint density at radius 2 is 2.11 bits per heavy atom. The number of piperidine rings is 1. The molecule has 2 unspecified atom stereocenters. The summed E-state index contributed by atoms with van der Waals surface area (Å²) in [6.45, 7) is 0. The quantitative estimate of drug-likeness (QED) is 0.885. The van der Waals surface area contributed by atoms with Gasteiger partial charge in [-0.1, -0.05) is 0 Å². The molecule has 2 aliphatic rings. The Kier molecular flexibility index (Phi) is 3.12. The first-order chi connectivity index (χ1) is 8.74. The van der Waals surface area contributed by atoms with Crippen LogP contribution < -0.4 is 5.73 Å². The van der Waals surface area contributed by atoms with Crippen LogP contribution in [0.2, 0.25) is 0 Å². The Morgan fingerprint density at radius 1 is 1.39 bits per heavy atom. The average molecular weight is 248 g/mol. The number of hydrogen-bond acceptors (Lipinski definition) is 3. The van der Waals surface area contributed by atoms with Crippen LogP contribution >= 0.6 is 0 Å². The molecule has 2 atom stereocenters. The molecule has 3 rings (SSSR count). The molecule has 2 aliphatic heterocycles. The molecule has 2 fully saturated rings.